The molecule has 0 amide bonds. The number of methoxy groups -OCH3 is 1. The number of rotatable bonds is 4. The van der Waals surface area contributed by atoms with E-state index >= 15 is 0 Å². The largest absolute Gasteiger partial charge is 0.493 e. The van der Waals surface area contributed by atoms with Crippen molar-refractivity contribution in [3.8, 4) is 22.6 Å². The maximum Gasteiger partial charge on any atom is 0.213 e. The van der Waals surface area contributed by atoms with Gasteiger partial charge in [0, 0.05) is 5.56 Å². The minimum Gasteiger partial charge on any atom is -0.493 e. The van der Waals surface area contributed by atoms with Crippen LogP contribution in [0.15, 0.2) is 60.7 Å². The number of halogens is 1. The van der Waals surface area contributed by atoms with Crippen molar-refractivity contribution in [3.05, 3.63) is 83.2 Å². The Bertz CT molecular complexity index is 1150. The fraction of sp³-hybridized carbons (Fsp3) is 0.143. The lowest BCUT2D eigenvalue weighted by molar-refractivity contribution is 0.241. The fourth-order valence-electron chi connectivity index (χ4n) is 3.54. The third-order valence-corrected chi connectivity index (χ3v) is 5.39. The molecule has 1 unspecified atom stereocenters. The molecule has 4 rings (SSSR count). The monoisotopic (exact) mass is 399 g/mol. The lowest BCUT2D eigenvalue weighted by Gasteiger charge is -2.30. The minimum atomic E-state index is -3.69. The number of primary sulfonamides is 1. The summed E-state index contributed by atoms with van der Waals surface area (Å²) in [6, 6.07) is 17.6. The summed E-state index contributed by atoms with van der Waals surface area (Å²) in [6.45, 7) is 0. The highest BCUT2D eigenvalue weighted by atomic mass is 32.2. The van der Waals surface area contributed by atoms with Crippen LogP contribution in [0.25, 0.3) is 11.1 Å². The average Bonchev–Trinajstić information content (AvgIpc) is 2.66. The van der Waals surface area contributed by atoms with Crippen LogP contribution in [0.2, 0.25) is 0 Å². The molecule has 0 radical (unpaired) electrons. The molecule has 0 aromatic heterocycles. The van der Waals surface area contributed by atoms with Crippen molar-refractivity contribution in [1.82, 2.24) is 0 Å². The Labute approximate surface area is 162 Å². The van der Waals surface area contributed by atoms with E-state index < -0.39 is 21.9 Å². The van der Waals surface area contributed by atoms with E-state index in [-0.39, 0.29) is 11.5 Å². The highest BCUT2D eigenvalue weighted by molar-refractivity contribution is 7.88. The molecule has 0 fully saturated rings. The predicted octanol–water partition coefficient (Wildman–Crippen LogP) is 3.77. The third kappa shape index (κ3) is 3.34. The molecule has 7 heteroatoms. The Hall–Kier alpha value is -2.90. The van der Waals surface area contributed by atoms with Gasteiger partial charge < -0.3 is 9.47 Å². The van der Waals surface area contributed by atoms with Gasteiger partial charge in [0.1, 0.15) is 11.9 Å². The summed E-state index contributed by atoms with van der Waals surface area (Å²) < 4.78 is 48.9. The van der Waals surface area contributed by atoms with Crippen LogP contribution in [0, 0.1) is 5.82 Å². The molecule has 5 nitrogen and oxygen atoms in total. The molecule has 28 heavy (non-hydrogen) atoms. The Morgan fingerprint density at radius 2 is 1.86 bits per heavy atom. The third-order valence-electron chi connectivity index (χ3n) is 4.66. The van der Waals surface area contributed by atoms with Crippen molar-refractivity contribution in [2.24, 2.45) is 5.14 Å². The van der Waals surface area contributed by atoms with Crippen LogP contribution in [-0.2, 0) is 15.8 Å². The van der Waals surface area contributed by atoms with Crippen LogP contribution in [0.5, 0.6) is 11.5 Å². The molecule has 0 bridgehead atoms. The van der Waals surface area contributed by atoms with Gasteiger partial charge in [0.25, 0.3) is 0 Å². The van der Waals surface area contributed by atoms with Gasteiger partial charge >= 0.3 is 0 Å². The predicted molar refractivity (Wildman–Crippen MR) is 104 cm³/mol. The van der Waals surface area contributed by atoms with E-state index in [9.17, 15) is 12.8 Å². The van der Waals surface area contributed by atoms with Crippen molar-refractivity contribution in [1.29, 1.82) is 0 Å². The summed E-state index contributed by atoms with van der Waals surface area (Å²) in [7, 11) is -2.29. The molecule has 1 atom stereocenters. The summed E-state index contributed by atoms with van der Waals surface area (Å²) in [5.74, 6) is -0.208. The molecule has 2 N–H and O–H groups in total. The molecule has 0 aliphatic carbocycles. The highest BCUT2D eigenvalue weighted by Gasteiger charge is 2.31. The topological polar surface area (TPSA) is 78.6 Å². The molecule has 0 saturated heterocycles. The lowest BCUT2D eigenvalue weighted by Crippen LogP contribution is -2.18. The van der Waals surface area contributed by atoms with E-state index in [0.717, 1.165) is 16.7 Å². The number of ether oxygens (including phenoxy) is 2. The standard InChI is InChI=1S/C21H18FNO4S/c1-26-21-17(22)9-10-18-19(21)15-8-7-13(12-28(23,24)25)11-16(15)20(27-18)14-5-3-2-4-6-14/h2-11,20H,12H2,1H3,(H2,23,24,25). The maximum atomic E-state index is 14.3. The average molecular weight is 399 g/mol. The van der Waals surface area contributed by atoms with E-state index in [1.165, 1.54) is 13.2 Å². The molecular weight excluding hydrogens is 381 g/mol. The Kier molecular flexibility index (Phi) is 4.56. The van der Waals surface area contributed by atoms with E-state index in [0.29, 0.717) is 16.9 Å². The first-order valence-corrected chi connectivity index (χ1v) is 10.3. The summed E-state index contributed by atoms with van der Waals surface area (Å²) >= 11 is 0. The van der Waals surface area contributed by atoms with Crippen molar-refractivity contribution < 1.29 is 22.3 Å². The first-order chi connectivity index (χ1) is 13.4. The number of hydrogen-bond acceptors (Lipinski definition) is 4. The zero-order valence-corrected chi connectivity index (χ0v) is 15.9. The Morgan fingerprint density at radius 3 is 2.54 bits per heavy atom. The number of nitrogens with two attached hydrogens (primary N) is 1. The lowest BCUT2D eigenvalue weighted by atomic mass is 9.88. The van der Waals surface area contributed by atoms with Crippen molar-refractivity contribution in [3.63, 3.8) is 0 Å². The quantitative estimate of drug-likeness (QED) is 0.724. The minimum absolute atomic E-state index is 0.0875. The second-order valence-corrected chi connectivity index (χ2v) is 8.21. The van der Waals surface area contributed by atoms with Crippen LogP contribution in [0.3, 0.4) is 0 Å². The maximum absolute atomic E-state index is 14.3. The van der Waals surface area contributed by atoms with Gasteiger partial charge in [-0.25, -0.2) is 17.9 Å². The second-order valence-electron chi connectivity index (χ2n) is 6.59. The number of benzene rings is 3. The van der Waals surface area contributed by atoms with Crippen LogP contribution < -0.4 is 14.6 Å². The van der Waals surface area contributed by atoms with Crippen molar-refractivity contribution >= 4 is 10.0 Å². The molecule has 144 valence electrons. The summed E-state index contributed by atoms with van der Waals surface area (Å²) in [4.78, 5) is 0. The molecule has 3 aromatic carbocycles. The zero-order valence-electron chi connectivity index (χ0n) is 15.1. The summed E-state index contributed by atoms with van der Waals surface area (Å²) in [5.41, 5.74) is 3.38. The van der Waals surface area contributed by atoms with Crippen LogP contribution >= 0.6 is 0 Å². The van der Waals surface area contributed by atoms with Gasteiger partial charge in [0.05, 0.1) is 18.4 Å². The molecule has 1 heterocycles. The van der Waals surface area contributed by atoms with Crippen LogP contribution in [0.1, 0.15) is 22.8 Å². The normalized spacial score (nSPS) is 15.3. The van der Waals surface area contributed by atoms with Gasteiger partial charge in [-0.2, -0.15) is 0 Å². The van der Waals surface area contributed by atoms with E-state index in [4.69, 9.17) is 14.6 Å². The van der Waals surface area contributed by atoms with Crippen LogP contribution in [-0.4, -0.2) is 15.5 Å². The highest BCUT2D eigenvalue weighted by Crippen LogP contribution is 2.49. The number of hydrogen-bond donors (Lipinski definition) is 1. The Balaban J connectivity index is 1.95. The second kappa shape index (κ2) is 6.92. The summed E-state index contributed by atoms with van der Waals surface area (Å²) in [6.07, 6.45) is -0.473. The fourth-order valence-corrected chi connectivity index (χ4v) is 4.18. The van der Waals surface area contributed by atoms with E-state index in [2.05, 4.69) is 0 Å². The van der Waals surface area contributed by atoms with Gasteiger partial charge in [0.2, 0.25) is 10.0 Å². The first kappa shape index (κ1) is 18.5. The van der Waals surface area contributed by atoms with Gasteiger partial charge in [-0.3, -0.25) is 0 Å². The Morgan fingerprint density at radius 1 is 1.11 bits per heavy atom. The zero-order chi connectivity index (χ0) is 19.9. The molecule has 3 aromatic rings. The van der Waals surface area contributed by atoms with Gasteiger partial charge in [-0.15, -0.1) is 0 Å². The van der Waals surface area contributed by atoms with Gasteiger partial charge in [0.15, 0.2) is 11.6 Å². The molecule has 0 saturated carbocycles. The molecule has 1 aliphatic heterocycles. The van der Waals surface area contributed by atoms with Gasteiger partial charge in [-0.1, -0.05) is 48.5 Å². The molecule has 0 spiro atoms. The van der Waals surface area contributed by atoms with E-state index in [1.54, 1.807) is 24.3 Å². The smallest absolute Gasteiger partial charge is 0.213 e. The van der Waals surface area contributed by atoms with Gasteiger partial charge in [-0.05, 0) is 28.8 Å². The summed E-state index contributed by atoms with van der Waals surface area (Å²) in [5, 5.41) is 5.20. The van der Waals surface area contributed by atoms with Crippen molar-refractivity contribution in [2.45, 2.75) is 11.9 Å². The first-order valence-electron chi connectivity index (χ1n) is 8.59. The number of sulfonamides is 1. The SMILES string of the molecule is COc1c(F)ccc2c1-c1ccc(CS(N)(=O)=O)cc1C(c1ccccc1)O2. The number of fused-ring (bicyclic) bond motifs is 3. The van der Waals surface area contributed by atoms with Crippen molar-refractivity contribution in [2.75, 3.05) is 7.11 Å². The van der Waals surface area contributed by atoms with Crippen LogP contribution in [0.4, 0.5) is 4.39 Å². The molecular formula is C21H18FNO4S. The molecule has 1 aliphatic rings. The van der Waals surface area contributed by atoms with E-state index in [1.807, 2.05) is 30.3 Å².